The highest BCUT2D eigenvalue weighted by atomic mass is 16.3. The molecule has 0 heterocycles. The van der Waals surface area contributed by atoms with Crippen molar-refractivity contribution in [3.8, 4) is 5.75 Å². The summed E-state index contributed by atoms with van der Waals surface area (Å²) < 4.78 is 0. The number of phenolic OH excluding ortho intramolecular Hbond substituents is 1. The van der Waals surface area contributed by atoms with Crippen LogP contribution in [0.2, 0.25) is 0 Å². The van der Waals surface area contributed by atoms with Crippen LogP contribution in [0.4, 0.5) is 11.4 Å². The molecule has 100 valence electrons. The van der Waals surface area contributed by atoms with Crippen LogP contribution < -0.4 is 5.32 Å². The summed E-state index contributed by atoms with van der Waals surface area (Å²) in [7, 11) is 0. The second-order valence-corrected chi connectivity index (χ2v) is 5.94. The predicted molar refractivity (Wildman–Crippen MR) is 81.3 cm³/mol. The SMILES string of the molecule is Cc1ccc(C(C)(C)C)c(Nc2ccccc2O)c1. The van der Waals surface area contributed by atoms with Crippen LogP contribution in [-0.4, -0.2) is 5.11 Å². The van der Waals surface area contributed by atoms with Gasteiger partial charge in [-0.05, 0) is 41.7 Å². The molecule has 0 aliphatic carbocycles. The van der Waals surface area contributed by atoms with Crippen LogP contribution >= 0.6 is 0 Å². The predicted octanol–water partition coefficient (Wildman–Crippen LogP) is 4.74. The van der Waals surface area contributed by atoms with E-state index in [1.807, 2.05) is 18.2 Å². The third-order valence-corrected chi connectivity index (χ3v) is 3.16. The molecule has 2 nitrogen and oxygen atoms in total. The van der Waals surface area contributed by atoms with Gasteiger partial charge in [0.25, 0.3) is 0 Å². The second kappa shape index (κ2) is 4.96. The Morgan fingerprint density at radius 2 is 1.63 bits per heavy atom. The molecule has 2 N–H and O–H groups in total. The van der Waals surface area contributed by atoms with Crippen molar-refractivity contribution in [2.75, 3.05) is 5.32 Å². The number of benzene rings is 2. The summed E-state index contributed by atoms with van der Waals surface area (Å²) in [6, 6.07) is 13.7. The van der Waals surface area contributed by atoms with Gasteiger partial charge in [0, 0.05) is 5.69 Å². The fourth-order valence-corrected chi connectivity index (χ4v) is 2.14. The number of hydrogen-bond acceptors (Lipinski definition) is 2. The molecule has 19 heavy (non-hydrogen) atoms. The van der Waals surface area contributed by atoms with Gasteiger partial charge in [-0.25, -0.2) is 0 Å². The topological polar surface area (TPSA) is 32.3 Å². The van der Waals surface area contributed by atoms with E-state index in [4.69, 9.17) is 0 Å². The number of nitrogens with one attached hydrogen (secondary N) is 1. The van der Waals surface area contributed by atoms with E-state index >= 15 is 0 Å². The van der Waals surface area contributed by atoms with Crippen LogP contribution in [0.15, 0.2) is 42.5 Å². The summed E-state index contributed by atoms with van der Waals surface area (Å²) >= 11 is 0. The zero-order valence-electron chi connectivity index (χ0n) is 12.0. The van der Waals surface area contributed by atoms with E-state index in [9.17, 15) is 5.11 Å². The maximum absolute atomic E-state index is 9.87. The van der Waals surface area contributed by atoms with Gasteiger partial charge in [-0.15, -0.1) is 0 Å². The molecule has 0 spiro atoms. The zero-order chi connectivity index (χ0) is 14.0. The van der Waals surface area contributed by atoms with E-state index in [0.717, 1.165) is 11.4 Å². The molecule has 0 bridgehead atoms. The minimum Gasteiger partial charge on any atom is -0.506 e. The van der Waals surface area contributed by atoms with E-state index in [1.54, 1.807) is 6.07 Å². The van der Waals surface area contributed by atoms with Gasteiger partial charge < -0.3 is 10.4 Å². The molecule has 0 amide bonds. The van der Waals surface area contributed by atoms with Crippen LogP contribution in [0.25, 0.3) is 0 Å². The van der Waals surface area contributed by atoms with Crippen molar-refractivity contribution in [1.82, 2.24) is 0 Å². The Morgan fingerprint density at radius 1 is 0.947 bits per heavy atom. The molecule has 0 fully saturated rings. The molecule has 2 aromatic rings. The normalized spacial score (nSPS) is 11.4. The highest BCUT2D eigenvalue weighted by Gasteiger charge is 2.18. The summed E-state index contributed by atoms with van der Waals surface area (Å²) in [6.45, 7) is 8.64. The first-order valence-corrected chi connectivity index (χ1v) is 6.54. The smallest absolute Gasteiger partial charge is 0.139 e. The minimum atomic E-state index is 0.0560. The lowest BCUT2D eigenvalue weighted by atomic mass is 9.85. The largest absolute Gasteiger partial charge is 0.506 e. The zero-order valence-corrected chi connectivity index (χ0v) is 12.0. The number of aryl methyl sites for hydroxylation is 1. The Kier molecular flexibility index (Phi) is 3.52. The van der Waals surface area contributed by atoms with Gasteiger partial charge in [0.05, 0.1) is 5.69 Å². The van der Waals surface area contributed by atoms with E-state index in [2.05, 4.69) is 51.2 Å². The van der Waals surface area contributed by atoms with Crippen molar-refractivity contribution in [1.29, 1.82) is 0 Å². The molecule has 0 unspecified atom stereocenters. The molecule has 0 saturated heterocycles. The minimum absolute atomic E-state index is 0.0560. The highest BCUT2D eigenvalue weighted by molar-refractivity contribution is 5.69. The maximum Gasteiger partial charge on any atom is 0.139 e. The van der Waals surface area contributed by atoms with Crippen molar-refractivity contribution >= 4 is 11.4 Å². The lowest BCUT2D eigenvalue weighted by Crippen LogP contribution is -2.13. The van der Waals surface area contributed by atoms with E-state index < -0.39 is 0 Å². The van der Waals surface area contributed by atoms with Gasteiger partial charge in [-0.1, -0.05) is 45.0 Å². The first-order chi connectivity index (χ1) is 8.88. The Morgan fingerprint density at radius 3 is 2.26 bits per heavy atom. The average Bonchev–Trinajstić information content (AvgIpc) is 2.30. The molecule has 0 radical (unpaired) electrons. The Hall–Kier alpha value is -1.96. The van der Waals surface area contributed by atoms with E-state index in [0.29, 0.717) is 0 Å². The summed E-state index contributed by atoms with van der Waals surface area (Å²) in [6.07, 6.45) is 0. The average molecular weight is 255 g/mol. The molecule has 2 rings (SSSR count). The molecule has 2 aromatic carbocycles. The monoisotopic (exact) mass is 255 g/mol. The van der Waals surface area contributed by atoms with Gasteiger partial charge >= 0.3 is 0 Å². The fourth-order valence-electron chi connectivity index (χ4n) is 2.14. The van der Waals surface area contributed by atoms with Crippen LogP contribution in [0.5, 0.6) is 5.75 Å². The van der Waals surface area contributed by atoms with E-state index in [-0.39, 0.29) is 11.2 Å². The Bertz CT molecular complexity index is 582. The number of aromatic hydroxyl groups is 1. The third kappa shape index (κ3) is 3.08. The number of phenols is 1. The summed E-state index contributed by atoms with van der Waals surface area (Å²) in [5.74, 6) is 0.267. The van der Waals surface area contributed by atoms with Crippen LogP contribution in [-0.2, 0) is 5.41 Å². The molecule has 0 atom stereocenters. The van der Waals surface area contributed by atoms with Crippen molar-refractivity contribution in [3.63, 3.8) is 0 Å². The molecule has 0 aliphatic heterocycles. The van der Waals surface area contributed by atoms with Gasteiger partial charge in [0.15, 0.2) is 0 Å². The lowest BCUT2D eigenvalue weighted by molar-refractivity contribution is 0.477. The first-order valence-electron chi connectivity index (χ1n) is 6.54. The third-order valence-electron chi connectivity index (χ3n) is 3.16. The number of hydrogen-bond donors (Lipinski definition) is 2. The molecule has 0 aliphatic rings. The highest BCUT2D eigenvalue weighted by Crippen LogP contribution is 2.34. The standard InChI is InChI=1S/C17H21NO/c1-12-9-10-13(17(2,3)4)15(11-12)18-14-7-5-6-8-16(14)19/h5-11,18-19H,1-4H3. The van der Waals surface area contributed by atoms with Crippen LogP contribution in [0.1, 0.15) is 31.9 Å². The molecular weight excluding hydrogens is 234 g/mol. The molecular formula is C17H21NO. The molecule has 0 saturated carbocycles. The number of para-hydroxylation sites is 2. The number of anilines is 2. The summed E-state index contributed by atoms with van der Waals surface area (Å²) in [4.78, 5) is 0. The van der Waals surface area contributed by atoms with Crippen LogP contribution in [0, 0.1) is 6.92 Å². The number of rotatable bonds is 2. The van der Waals surface area contributed by atoms with Gasteiger partial charge in [0.1, 0.15) is 5.75 Å². The molecule has 0 aromatic heterocycles. The van der Waals surface area contributed by atoms with Crippen molar-refractivity contribution in [2.24, 2.45) is 0 Å². The van der Waals surface area contributed by atoms with Crippen molar-refractivity contribution < 1.29 is 5.11 Å². The Labute approximate surface area is 115 Å². The Balaban J connectivity index is 2.45. The van der Waals surface area contributed by atoms with Gasteiger partial charge in [0.2, 0.25) is 0 Å². The molecule has 2 heteroatoms. The first kappa shape index (κ1) is 13.5. The quantitative estimate of drug-likeness (QED) is 0.759. The van der Waals surface area contributed by atoms with Gasteiger partial charge in [-0.2, -0.15) is 0 Å². The summed E-state index contributed by atoms with van der Waals surface area (Å²) in [5, 5.41) is 13.2. The van der Waals surface area contributed by atoms with Crippen LogP contribution in [0.3, 0.4) is 0 Å². The van der Waals surface area contributed by atoms with Gasteiger partial charge in [-0.3, -0.25) is 0 Å². The van der Waals surface area contributed by atoms with E-state index in [1.165, 1.54) is 11.1 Å². The maximum atomic E-state index is 9.87. The fraction of sp³-hybridized carbons (Fsp3) is 0.294. The lowest BCUT2D eigenvalue weighted by Gasteiger charge is -2.24. The second-order valence-electron chi connectivity index (χ2n) is 5.94. The summed E-state index contributed by atoms with van der Waals surface area (Å²) in [5.41, 5.74) is 4.28. The van der Waals surface area contributed by atoms with Crippen molar-refractivity contribution in [3.05, 3.63) is 53.6 Å². The van der Waals surface area contributed by atoms with Crippen molar-refractivity contribution in [2.45, 2.75) is 33.1 Å².